The summed E-state index contributed by atoms with van der Waals surface area (Å²) in [6.45, 7) is 8.71. The van der Waals surface area contributed by atoms with E-state index in [1.165, 1.54) is 24.8 Å². The molecule has 0 saturated carbocycles. The van der Waals surface area contributed by atoms with Crippen LogP contribution in [0.2, 0.25) is 0 Å². The highest BCUT2D eigenvalue weighted by Gasteiger charge is 2.29. The van der Waals surface area contributed by atoms with Crippen molar-refractivity contribution in [2.45, 2.75) is 58.7 Å². The Bertz CT molecular complexity index is 378. The maximum Gasteiger partial charge on any atom is 0.130 e. The Kier molecular flexibility index (Phi) is 4.59. The molecule has 0 aromatic carbocycles. The van der Waals surface area contributed by atoms with E-state index in [0.717, 1.165) is 24.9 Å². The van der Waals surface area contributed by atoms with Crippen molar-refractivity contribution in [1.29, 1.82) is 0 Å². The van der Waals surface area contributed by atoms with Crippen LogP contribution >= 0.6 is 0 Å². The van der Waals surface area contributed by atoms with Crippen molar-refractivity contribution in [3.63, 3.8) is 0 Å². The van der Waals surface area contributed by atoms with Gasteiger partial charge in [-0.25, -0.2) is 4.98 Å². The van der Waals surface area contributed by atoms with Crippen LogP contribution in [0.1, 0.15) is 45.6 Å². The van der Waals surface area contributed by atoms with E-state index in [-0.39, 0.29) is 0 Å². The largest absolute Gasteiger partial charge is 0.370 e. The van der Waals surface area contributed by atoms with Gasteiger partial charge in [-0.3, -0.25) is 4.90 Å². The van der Waals surface area contributed by atoms with Crippen LogP contribution in [0.15, 0.2) is 18.3 Å². The summed E-state index contributed by atoms with van der Waals surface area (Å²) in [6.07, 6.45) is 5.79. The molecule has 3 heteroatoms. The second-order valence-electron chi connectivity index (χ2n) is 5.20. The van der Waals surface area contributed by atoms with Gasteiger partial charge in [0.2, 0.25) is 0 Å². The Morgan fingerprint density at radius 3 is 2.94 bits per heavy atom. The van der Waals surface area contributed by atoms with Crippen molar-refractivity contribution in [3.8, 4) is 0 Å². The second-order valence-corrected chi connectivity index (χ2v) is 5.20. The molecule has 2 rings (SSSR count). The Morgan fingerprint density at radius 1 is 1.39 bits per heavy atom. The van der Waals surface area contributed by atoms with Crippen molar-refractivity contribution < 1.29 is 0 Å². The summed E-state index contributed by atoms with van der Waals surface area (Å²) in [4.78, 5) is 7.09. The third-order valence-corrected chi connectivity index (χ3v) is 4.01. The van der Waals surface area contributed by atoms with Crippen LogP contribution in [0, 0.1) is 0 Å². The summed E-state index contributed by atoms with van der Waals surface area (Å²) in [5.41, 5.74) is 1.33. The van der Waals surface area contributed by atoms with Gasteiger partial charge in [0.1, 0.15) is 5.82 Å². The number of hydrogen-bond acceptors (Lipinski definition) is 3. The summed E-state index contributed by atoms with van der Waals surface area (Å²) in [5, 5.41) is 3.36. The van der Waals surface area contributed by atoms with Crippen LogP contribution < -0.4 is 5.32 Å². The lowest BCUT2D eigenvalue weighted by Crippen LogP contribution is -2.33. The lowest BCUT2D eigenvalue weighted by Gasteiger charge is -2.28. The van der Waals surface area contributed by atoms with Gasteiger partial charge in [-0.15, -0.1) is 0 Å². The smallest absolute Gasteiger partial charge is 0.130 e. The molecular formula is C15H25N3. The van der Waals surface area contributed by atoms with Crippen molar-refractivity contribution in [2.75, 3.05) is 11.9 Å². The SMILES string of the molecule is CCNc1ncccc1CN1C(C)CCC1CC. The number of pyridine rings is 1. The molecule has 2 atom stereocenters. The molecule has 2 unspecified atom stereocenters. The predicted octanol–water partition coefficient (Wildman–Crippen LogP) is 3.28. The highest BCUT2D eigenvalue weighted by molar-refractivity contribution is 5.43. The normalized spacial score (nSPS) is 24.4. The Morgan fingerprint density at radius 2 is 2.22 bits per heavy atom. The van der Waals surface area contributed by atoms with Gasteiger partial charge in [0.15, 0.2) is 0 Å². The number of aromatic nitrogens is 1. The molecule has 1 fully saturated rings. The Labute approximate surface area is 111 Å². The molecule has 1 N–H and O–H groups in total. The molecule has 1 aromatic rings. The molecule has 0 bridgehead atoms. The molecule has 1 saturated heterocycles. The van der Waals surface area contributed by atoms with Crippen LogP contribution in [0.5, 0.6) is 0 Å². The van der Waals surface area contributed by atoms with E-state index in [9.17, 15) is 0 Å². The number of anilines is 1. The van der Waals surface area contributed by atoms with Crippen molar-refractivity contribution in [1.82, 2.24) is 9.88 Å². The standard InChI is InChI=1S/C15H25N3/c1-4-14-9-8-12(3)18(14)11-13-7-6-10-17-15(13)16-5-2/h6-7,10,12,14H,4-5,8-9,11H2,1-3H3,(H,16,17). The highest BCUT2D eigenvalue weighted by atomic mass is 15.2. The fourth-order valence-corrected chi connectivity index (χ4v) is 2.94. The van der Waals surface area contributed by atoms with Gasteiger partial charge in [0.05, 0.1) is 0 Å². The first-order valence-corrected chi connectivity index (χ1v) is 7.19. The van der Waals surface area contributed by atoms with Gasteiger partial charge in [-0.2, -0.15) is 0 Å². The summed E-state index contributed by atoms with van der Waals surface area (Å²) in [5.74, 6) is 1.05. The van der Waals surface area contributed by atoms with E-state index in [0.29, 0.717) is 6.04 Å². The summed E-state index contributed by atoms with van der Waals surface area (Å²) < 4.78 is 0. The molecule has 0 radical (unpaired) electrons. The molecule has 1 aliphatic heterocycles. The van der Waals surface area contributed by atoms with Gasteiger partial charge in [0.25, 0.3) is 0 Å². The number of hydrogen-bond donors (Lipinski definition) is 1. The van der Waals surface area contributed by atoms with E-state index in [2.05, 4.69) is 42.0 Å². The van der Waals surface area contributed by atoms with E-state index < -0.39 is 0 Å². The minimum Gasteiger partial charge on any atom is -0.370 e. The topological polar surface area (TPSA) is 28.2 Å². The van der Waals surface area contributed by atoms with Crippen LogP contribution in [-0.2, 0) is 6.54 Å². The Hall–Kier alpha value is -1.09. The molecule has 18 heavy (non-hydrogen) atoms. The van der Waals surface area contributed by atoms with Gasteiger partial charge < -0.3 is 5.32 Å². The van der Waals surface area contributed by atoms with Crippen molar-refractivity contribution in [3.05, 3.63) is 23.9 Å². The van der Waals surface area contributed by atoms with Crippen LogP contribution in [0.4, 0.5) is 5.82 Å². The monoisotopic (exact) mass is 247 g/mol. The zero-order valence-corrected chi connectivity index (χ0v) is 11.8. The van der Waals surface area contributed by atoms with Gasteiger partial charge in [-0.1, -0.05) is 13.0 Å². The third-order valence-electron chi connectivity index (χ3n) is 4.01. The first-order valence-electron chi connectivity index (χ1n) is 7.19. The van der Waals surface area contributed by atoms with E-state index in [1.807, 2.05) is 12.3 Å². The summed E-state index contributed by atoms with van der Waals surface area (Å²) >= 11 is 0. The van der Waals surface area contributed by atoms with Gasteiger partial charge in [-0.05, 0) is 39.2 Å². The lowest BCUT2D eigenvalue weighted by molar-refractivity contribution is 0.190. The first kappa shape index (κ1) is 13.3. The molecule has 0 amide bonds. The fraction of sp³-hybridized carbons (Fsp3) is 0.667. The quantitative estimate of drug-likeness (QED) is 0.865. The van der Waals surface area contributed by atoms with Crippen LogP contribution in [-0.4, -0.2) is 28.5 Å². The first-order chi connectivity index (χ1) is 8.76. The molecule has 3 nitrogen and oxygen atoms in total. The van der Waals surface area contributed by atoms with Crippen LogP contribution in [0.3, 0.4) is 0 Å². The minimum atomic E-state index is 0.699. The number of likely N-dealkylation sites (tertiary alicyclic amines) is 1. The van der Waals surface area contributed by atoms with Crippen molar-refractivity contribution >= 4 is 5.82 Å². The number of nitrogens with one attached hydrogen (secondary N) is 1. The number of rotatable bonds is 5. The molecule has 1 aliphatic rings. The third kappa shape index (κ3) is 2.83. The maximum absolute atomic E-state index is 4.45. The molecule has 1 aromatic heterocycles. The average Bonchev–Trinajstić information content (AvgIpc) is 2.73. The molecule has 100 valence electrons. The van der Waals surface area contributed by atoms with Gasteiger partial charge in [0, 0.05) is 36.9 Å². The Balaban J connectivity index is 2.12. The molecule has 0 spiro atoms. The predicted molar refractivity (Wildman–Crippen MR) is 76.7 cm³/mol. The maximum atomic E-state index is 4.45. The molecule has 0 aliphatic carbocycles. The van der Waals surface area contributed by atoms with Crippen molar-refractivity contribution in [2.24, 2.45) is 0 Å². The van der Waals surface area contributed by atoms with E-state index >= 15 is 0 Å². The lowest BCUT2D eigenvalue weighted by atomic mass is 10.1. The zero-order valence-electron chi connectivity index (χ0n) is 11.8. The zero-order chi connectivity index (χ0) is 13.0. The molecular weight excluding hydrogens is 222 g/mol. The minimum absolute atomic E-state index is 0.699. The second kappa shape index (κ2) is 6.19. The molecule has 2 heterocycles. The number of nitrogens with zero attached hydrogens (tertiary/aromatic N) is 2. The van der Waals surface area contributed by atoms with E-state index in [4.69, 9.17) is 0 Å². The summed E-state index contributed by atoms with van der Waals surface area (Å²) in [7, 11) is 0. The summed E-state index contributed by atoms with van der Waals surface area (Å²) in [6, 6.07) is 5.68. The average molecular weight is 247 g/mol. The van der Waals surface area contributed by atoms with Crippen LogP contribution in [0.25, 0.3) is 0 Å². The fourth-order valence-electron chi connectivity index (χ4n) is 2.94. The highest BCUT2D eigenvalue weighted by Crippen LogP contribution is 2.29. The van der Waals surface area contributed by atoms with Gasteiger partial charge >= 0.3 is 0 Å². The van der Waals surface area contributed by atoms with E-state index in [1.54, 1.807) is 0 Å².